The van der Waals surface area contributed by atoms with E-state index in [1.165, 1.54) is 0 Å². The summed E-state index contributed by atoms with van der Waals surface area (Å²) in [4.78, 5) is 109. The number of aliphatic hydroxyl groups is 5. The minimum absolute atomic E-state index is 0.0346. The van der Waals surface area contributed by atoms with Crippen molar-refractivity contribution in [3.8, 4) is 53.3 Å². The zero-order chi connectivity index (χ0) is 103. The standard InChI is InChI=1S/C25H19N3O3.C24H23N3O5.C21H19N3O4.C19H14BrN3O4.C19H14ClN3O4/c26-15-20(24-27-21-12-6-7-13-22(21)28-24)23(29)16-31-25(30)19-11-5-4-10-18(19)14-17-8-2-1-3-9-17;1-2-13-31-17-9-7-16(8-10-17)21(28)11-12-23(30)32-15-22(29)18(14-25)24-26-19-5-3-4-6-20(19)27-24;1-13-6-5-7-14(2)20(13)28-12-19(26)27-11-18(25)15(10-22)21-23-16-8-3-4-9-17(16)24-21;20-12-4-3-5-13(8-12)26-11-18(25)27-10-17(24)14(9-21)19-22-15-6-1-2-7-16(15)23-19;20-12-5-7-13(8-6-12)26-11-18(25)27-10-17(24)14(9-21)19-22-15-3-1-2-4-16(15)23-19/h1-13,29H,14,16H2,(H,27,28);3-10,29H,2,11-13,15H2,1H3,(H,26,27);3-9,25H,11-12H2,1-2H3,(H,23,24);2*1-8,24H,10-11H2,(H,22,23). The SMILES string of the molecule is CCCOc1ccc(C(=O)CCC(=O)OCC(O)=C(C#N)c2nc3ccccc3[nH]2)cc1.Cc1cccc(C)c1OCC(=O)OCC(O)=C(C#N)c1nc2ccccc2[nH]1.N#CC(=C(O)COC(=O)COc1ccc(Cl)cc1)c1nc2ccccc2[nH]1.N#CC(=C(O)COC(=O)COc1cccc(Br)c1)c1nc2ccccc2[nH]1.N#CC(=C(O)COC(=O)c1ccccc1Cc1ccccc1)c1nc2ccccc2[nH]1. The summed E-state index contributed by atoms with van der Waals surface area (Å²) in [6.07, 6.45) is 1.29. The van der Waals surface area contributed by atoms with Gasteiger partial charge in [0.05, 0.1) is 73.8 Å². The highest BCUT2D eigenvalue weighted by atomic mass is 79.9. The van der Waals surface area contributed by atoms with Crippen molar-refractivity contribution >= 4 is 146 Å². The summed E-state index contributed by atoms with van der Waals surface area (Å²) in [5.74, 6) is -2.15. The molecule has 0 saturated carbocycles. The molecule has 0 radical (unpaired) electrons. The van der Waals surface area contributed by atoms with Crippen molar-refractivity contribution in [1.82, 2.24) is 49.8 Å². The number of benzene rings is 11. The Kier molecular flexibility index (Phi) is 38.0. The highest BCUT2D eigenvalue weighted by Crippen LogP contribution is 2.29. The molecule has 0 bridgehead atoms. The number of ether oxygens (including phenoxy) is 9. The molecule has 0 aliphatic carbocycles. The fraction of sp³-hybridized carbons (Fsp3) is 0.148. The summed E-state index contributed by atoms with van der Waals surface area (Å²) in [5, 5.41) is 98.5. The summed E-state index contributed by atoms with van der Waals surface area (Å²) in [5.41, 5.74) is 11.1. The van der Waals surface area contributed by atoms with Crippen LogP contribution < -0.4 is 18.9 Å². The summed E-state index contributed by atoms with van der Waals surface area (Å²) < 4.78 is 47.6. The largest absolute Gasteiger partial charge is 0.507 e. The maximum Gasteiger partial charge on any atom is 0.344 e. The number of aliphatic hydroxyl groups excluding tert-OH is 5. The first kappa shape index (κ1) is 105. The number of nitrogens with zero attached hydrogens (tertiary/aromatic N) is 10. The van der Waals surface area contributed by atoms with Crippen molar-refractivity contribution in [2.24, 2.45) is 0 Å². The van der Waals surface area contributed by atoms with Gasteiger partial charge in [-0.15, -0.1) is 0 Å². The van der Waals surface area contributed by atoms with Gasteiger partial charge in [-0.25, -0.2) is 44.1 Å². The first-order valence-corrected chi connectivity index (χ1v) is 45.5. The molecule has 0 unspecified atom stereocenters. The molecule has 5 heterocycles. The van der Waals surface area contributed by atoms with Crippen molar-refractivity contribution in [3.63, 3.8) is 0 Å². The van der Waals surface area contributed by atoms with Gasteiger partial charge in [0.25, 0.3) is 0 Å². The van der Waals surface area contributed by atoms with E-state index < -0.39 is 80.2 Å². The number of hydrogen-bond acceptors (Lipinski definition) is 30. The number of ketones is 1. The van der Waals surface area contributed by atoms with Crippen LogP contribution in [0, 0.1) is 70.5 Å². The van der Waals surface area contributed by atoms with E-state index in [9.17, 15) is 80.6 Å². The Morgan fingerprint density at radius 2 is 0.690 bits per heavy atom. The van der Waals surface area contributed by atoms with Crippen molar-refractivity contribution in [2.45, 2.75) is 46.5 Å². The highest BCUT2D eigenvalue weighted by molar-refractivity contribution is 9.10. The molecule has 37 heteroatoms. The van der Waals surface area contributed by atoms with Crippen molar-refractivity contribution in [1.29, 1.82) is 26.3 Å². The summed E-state index contributed by atoms with van der Waals surface area (Å²) in [6.45, 7) is 3.11. The number of fused-ring (bicyclic) bond motifs is 5. The number of nitrogens with one attached hydrogen (secondary N) is 5. The molecule has 0 aliphatic heterocycles. The molecule has 5 aromatic heterocycles. The molecule has 16 rings (SSSR count). The second kappa shape index (κ2) is 52.6. The van der Waals surface area contributed by atoms with Crippen LogP contribution in [0.5, 0.6) is 23.0 Å². The van der Waals surface area contributed by atoms with Gasteiger partial charge in [0.15, 0.2) is 83.5 Å². The third-order valence-electron chi connectivity index (χ3n) is 20.7. The van der Waals surface area contributed by atoms with Crippen LogP contribution >= 0.6 is 27.5 Å². The number of para-hydroxylation sites is 11. The quantitative estimate of drug-likeness (QED) is 0.00589. The molecule has 11 aromatic carbocycles. The van der Waals surface area contributed by atoms with Crippen LogP contribution in [-0.4, -0.2) is 170 Å². The Morgan fingerprint density at radius 1 is 0.352 bits per heavy atom. The molecule has 0 spiro atoms. The number of carbonyl (C=O) groups excluding carboxylic acids is 6. The second-order valence-electron chi connectivity index (χ2n) is 31.0. The Balaban J connectivity index is 0.000000162. The maximum absolute atomic E-state index is 12.7. The number of aryl methyl sites for hydroxylation is 2. The lowest BCUT2D eigenvalue weighted by molar-refractivity contribution is -0.146. The average molecular weight is 2030 g/mol. The van der Waals surface area contributed by atoms with Crippen LogP contribution in [0.4, 0.5) is 0 Å². The fourth-order valence-electron chi connectivity index (χ4n) is 13.5. The number of allylic oxidation sites excluding steroid dienone is 5. The molecule has 16 aromatic rings. The number of aromatic nitrogens is 10. The number of nitriles is 5. The molecule has 0 aliphatic rings. The lowest BCUT2D eigenvalue weighted by Gasteiger charge is -2.11. The monoisotopic (exact) mass is 2030 g/mol. The first-order valence-electron chi connectivity index (χ1n) is 44.3. The lowest BCUT2D eigenvalue weighted by atomic mass is 10.00. The minimum Gasteiger partial charge on any atom is -0.507 e. The topological polar surface area (TPSA) is 549 Å². The van der Waals surface area contributed by atoms with Gasteiger partial charge in [-0.3, -0.25) is 9.59 Å². The Labute approximate surface area is 841 Å². The molecular weight excluding hydrogens is 1940 g/mol. The third kappa shape index (κ3) is 30.2. The van der Waals surface area contributed by atoms with Gasteiger partial charge in [0, 0.05) is 21.5 Å². The summed E-state index contributed by atoms with van der Waals surface area (Å²) in [6, 6.07) is 88.5. The molecular formula is C108H89BrClN15O20. The number of halogens is 2. The van der Waals surface area contributed by atoms with Gasteiger partial charge in [0.2, 0.25) is 0 Å². The Bertz CT molecular complexity index is 7580. The van der Waals surface area contributed by atoms with Crippen molar-refractivity contribution < 1.29 is 96.9 Å². The van der Waals surface area contributed by atoms with Crippen LogP contribution in [0.15, 0.2) is 300 Å². The molecule has 10 N–H and O–H groups in total. The Hall–Kier alpha value is -19.1. The number of esters is 5. The van der Waals surface area contributed by atoms with E-state index in [-0.39, 0.29) is 107 Å². The predicted molar refractivity (Wildman–Crippen MR) is 540 cm³/mol. The van der Waals surface area contributed by atoms with E-state index in [0.29, 0.717) is 85.3 Å². The maximum atomic E-state index is 12.7. The van der Waals surface area contributed by atoms with Gasteiger partial charge in [-0.2, -0.15) is 26.3 Å². The normalized spacial score (nSPS) is 11.6. The lowest BCUT2D eigenvalue weighted by Crippen LogP contribution is -2.17. The minimum atomic E-state index is -0.696. The van der Waals surface area contributed by atoms with Crippen LogP contribution in [0.2, 0.25) is 5.02 Å². The number of hydrogen-bond donors (Lipinski definition) is 10. The molecule has 0 fully saturated rings. The van der Waals surface area contributed by atoms with E-state index in [2.05, 4.69) is 65.8 Å². The van der Waals surface area contributed by atoms with Crippen molar-refractivity contribution in [3.05, 3.63) is 368 Å². The van der Waals surface area contributed by atoms with Gasteiger partial charge in [-0.1, -0.05) is 168 Å². The Morgan fingerprint density at radius 3 is 1.08 bits per heavy atom. The molecule has 0 saturated heterocycles. The van der Waals surface area contributed by atoms with Crippen LogP contribution in [0.25, 0.3) is 83.0 Å². The van der Waals surface area contributed by atoms with E-state index >= 15 is 0 Å². The zero-order valence-corrected chi connectivity index (χ0v) is 80.0. The average Bonchev–Trinajstić information content (AvgIpc) is 1.71. The van der Waals surface area contributed by atoms with Gasteiger partial charge < -0.3 is 93.1 Å². The molecule has 145 heavy (non-hydrogen) atoms. The number of aromatic amines is 5. The summed E-state index contributed by atoms with van der Waals surface area (Å²) in [7, 11) is 0. The number of rotatable bonds is 34. The van der Waals surface area contributed by atoms with Crippen LogP contribution in [0.3, 0.4) is 0 Å². The number of carbonyl (C=O) groups is 6. The molecule has 730 valence electrons. The predicted octanol–water partition coefficient (Wildman–Crippen LogP) is 20.1. The van der Waals surface area contributed by atoms with Crippen LogP contribution in [-0.2, 0) is 49.3 Å². The molecule has 35 nitrogen and oxygen atoms in total. The summed E-state index contributed by atoms with van der Waals surface area (Å²) >= 11 is 9.07. The van der Waals surface area contributed by atoms with E-state index in [4.69, 9.17) is 54.2 Å². The second-order valence-corrected chi connectivity index (χ2v) is 32.4. The third-order valence-corrected chi connectivity index (χ3v) is 21.4. The number of H-pyrrole nitrogens is 5. The smallest absolute Gasteiger partial charge is 0.344 e. The van der Waals surface area contributed by atoms with Crippen LogP contribution in [0.1, 0.15) is 98.3 Å². The van der Waals surface area contributed by atoms with Gasteiger partial charge in [-0.05, 0) is 182 Å². The van der Waals surface area contributed by atoms with E-state index in [1.54, 1.807) is 133 Å². The first-order chi connectivity index (χ1) is 70.3. The van der Waals surface area contributed by atoms with Gasteiger partial charge >= 0.3 is 29.8 Å². The number of imidazole rings is 5. The van der Waals surface area contributed by atoms with Gasteiger partial charge in [0.1, 0.15) is 114 Å². The zero-order valence-electron chi connectivity index (χ0n) is 77.7. The highest BCUT2D eigenvalue weighted by Gasteiger charge is 2.24. The number of Topliss-reactive ketones (excluding diaryl/α,β-unsaturated/α-hetero) is 1. The van der Waals surface area contributed by atoms with Crippen molar-refractivity contribution in [2.75, 3.05) is 59.5 Å². The van der Waals surface area contributed by atoms with E-state index in [0.717, 1.165) is 55.2 Å². The fourth-order valence-corrected chi connectivity index (χ4v) is 14.0. The van der Waals surface area contributed by atoms with E-state index in [1.807, 2.05) is 185 Å². The molecule has 0 amide bonds. The molecule has 0 atom stereocenters.